The summed E-state index contributed by atoms with van der Waals surface area (Å²) in [6.45, 7) is 4.14. The zero-order valence-electron chi connectivity index (χ0n) is 17.1. The summed E-state index contributed by atoms with van der Waals surface area (Å²) in [6, 6.07) is 12.0. The standard InChI is InChI=1S/C21H21N5O2S2/c1-13-5-7-17(14(2)9-13)26-21(23-24-25-26)30-12-16-11-29-20(22-16)15-6-8-18(27-3)19(10-15)28-4/h5-11H,12H2,1-4H3. The molecule has 0 saturated heterocycles. The fourth-order valence-electron chi connectivity index (χ4n) is 3.08. The van der Waals surface area contributed by atoms with Crippen molar-refractivity contribution in [3.8, 4) is 27.8 Å². The molecule has 9 heteroatoms. The summed E-state index contributed by atoms with van der Waals surface area (Å²) >= 11 is 3.16. The molecule has 0 bridgehead atoms. The largest absolute Gasteiger partial charge is 0.493 e. The topological polar surface area (TPSA) is 75.0 Å². The van der Waals surface area contributed by atoms with E-state index >= 15 is 0 Å². The van der Waals surface area contributed by atoms with Gasteiger partial charge in [-0.1, -0.05) is 29.5 Å². The van der Waals surface area contributed by atoms with E-state index < -0.39 is 0 Å². The molecule has 4 rings (SSSR count). The minimum absolute atomic E-state index is 0.676. The van der Waals surface area contributed by atoms with E-state index in [1.165, 1.54) is 5.56 Å². The van der Waals surface area contributed by atoms with Gasteiger partial charge in [0.2, 0.25) is 5.16 Å². The van der Waals surface area contributed by atoms with Crippen molar-refractivity contribution < 1.29 is 9.47 Å². The molecule has 4 aromatic rings. The molecular formula is C21H21N5O2S2. The van der Waals surface area contributed by atoms with Crippen LogP contribution >= 0.6 is 23.1 Å². The van der Waals surface area contributed by atoms with Crippen LogP contribution in [0.1, 0.15) is 16.8 Å². The van der Waals surface area contributed by atoms with E-state index in [1.807, 2.05) is 24.3 Å². The highest BCUT2D eigenvalue weighted by molar-refractivity contribution is 7.98. The Labute approximate surface area is 183 Å². The van der Waals surface area contributed by atoms with Crippen molar-refractivity contribution in [2.24, 2.45) is 0 Å². The second kappa shape index (κ2) is 8.85. The normalized spacial score (nSPS) is 10.9. The van der Waals surface area contributed by atoms with Gasteiger partial charge in [-0.3, -0.25) is 0 Å². The molecule has 2 heterocycles. The van der Waals surface area contributed by atoms with E-state index in [-0.39, 0.29) is 0 Å². The SMILES string of the molecule is COc1ccc(-c2nc(CSc3nnnn3-c3ccc(C)cc3C)cs2)cc1OC. The number of ether oxygens (including phenoxy) is 2. The Morgan fingerprint density at radius 3 is 2.63 bits per heavy atom. The fourth-order valence-corrected chi connectivity index (χ4v) is 4.78. The Hall–Kier alpha value is -2.91. The van der Waals surface area contributed by atoms with E-state index in [1.54, 1.807) is 42.0 Å². The predicted octanol–water partition coefficient (Wildman–Crippen LogP) is 4.71. The van der Waals surface area contributed by atoms with Crippen LogP contribution in [0.15, 0.2) is 46.9 Å². The molecule has 2 aromatic carbocycles. The van der Waals surface area contributed by atoms with Crippen LogP contribution in [0.4, 0.5) is 0 Å². The number of methoxy groups -OCH3 is 2. The summed E-state index contributed by atoms with van der Waals surface area (Å²) < 4.78 is 12.5. The van der Waals surface area contributed by atoms with Gasteiger partial charge in [-0.25, -0.2) is 4.98 Å². The highest BCUT2D eigenvalue weighted by Gasteiger charge is 2.14. The lowest BCUT2D eigenvalue weighted by Crippen LogP contribution is -2.02. The van der Waals surface area contributed by atoms with E-state index in [0.717, 1.165) is 32.7 Å². The maximum atomic E-state index is 5.40. The number of tetrazole rings is 1. The molecule has 7 nitrogen and oxygen atoms in total. The molecular weight excluding hydrogens is 418 g/mol. The van der Waals surface area contributed by atoms with Gasteiger partial charge in [-0.2, -0.15) is 4.68 Å². The summed E-state index contributed by atoms with van der Waals surface area (Å²) in [5.74, 6) is 2.07. The average Bonchev–Trinajstić information content (AvgIpc) is 3.41. The van der Waals surface area contributed by atoms with Crippen molar-refractivity contribution >= 4 is 23.1 Å². The number of thiazole rings is 1. The van der Waals surface area contributed by atoms with Crippen LogP contribution in [0.2, 0.25) is 0 Å². The highest BCUT2D eigenvalue weighted by atomic mass is 32.2. The molecule has 30 heavy (non-hydrogen) atoms. The average molecular weight is 440 g/mol. The van der Waals surface area contributed by atoms with Gasteiger partial charge in [-0.15, -0.1) is 16.4 Å². The van der Waals surface area contributed by atoms with Crippen LogP contribution in [0.3, 0.4) is 0 Å². The van der Waals surface area contributed by atoms with Crippen LogP contribution in [0.5, 0.6) is 11.5 Å². The van der Waals surface area contributed by atoms with Crippen molar-refractivity contribution in [3.05, 3.63) is 58.6 Å². The number of hydrogen-bond acceptors (Lipinski definition) is 8. The monoisotopic (exact) mass is 439 g/mol. The molecule has 154 valence electrons. The Morgan fingerprint density at radius 2 is 1.87 bits per heavy atom. The first-order valence-corrected chi connectivity index (χ1v) is 11.1. The smallest absolute Gasteiger partial charge is 0.214 e. The van der Waals surface area contributed by atoms with Gasteiger partial charge in [0, 0.05) is 16.7 Å². The first-order valence-electron chi connectivity index (χ1n) is 9.24. The number of thioether (sulfide) groups is 1. The maximum Gasteiger partial charge on any atom is 0.214 e. The number of hydrogen-bond donors (Lipinski definition) is 0. The van der Waals surface area contributed by atoms with Crippen LogP contribution in [0.25, 0.3) is 16.3 Å². The lowest BCUT2D eigenvalue weighted by atomic mass is 10.1. The molecule has 0 aliphatic rings. The second-order valence-corrected chi connectivity index (χ2v) is 8.47. The summed E-state index contributed by atoms with van der Waals surface area (Å²) in [6.07, 6.45) is 0. The first kappa shape index (κ1) is 20.4. The van der Waals surface area contributed by atoms with Gasteiger partial charge in [0.05, 0.1) is 25.6 Å². The van der Waals surface area contributed by atoms with Crippen molar-refractivity contribution in [2.45, 2.75) is 24.8 Å². The number of benzene rings is 2. The van der Waals surface area contributed by atoms with Crippen molar-refractivity contribution in [3.63, 3.8) is 0 Å². The van der Waals surface area contributed by atoms with Crippen molar-refractivity contribution in [2.75, 3.05) is 14.2 Å². The van der Waals surface area contributed by atoms with Crippen LogP contribution in [0, 0.1) is 13.8 Å². The highest BCUT2D eigenvalue weighted by Crippen LogP contribution is 2.34. The summed E-state index contributed by atoms with van der Waals surface area (Å²) in [5, 5.41) is 15.9. The third-order valence-corrected chi connectivity index (χ3v) is 6.45. The predicted molar refractivity (Wildman–Crippen MR) is 119 cm³/mol. The number of nitrogens with zero attached hydrogens (tertiary/aromatic N) is 5. The zero-order valence-corrected chi connectivity index (χ0v) is 18.8. The van der Waals surface area contributed by atoms with Crippen LogP contribution < -0.4 is 9.47 Å². The Bertz CT molecular complexity index is 1170. The quantitative estimate of drug-likeness (QED) is 0.386. The molecule has 0 fully saturated rings. The number of aromatic nitrogens is 5. The van der Waals surface area contributed by atoms with Crippen LogP contribution in [-0.4, -0.2) is 39.4 Å². The molecule has 0 aliphatic carbocycles. The summed E-state index contributed by atoms with van der Waals surface area (Å²) in [7, 11) is 3.26. The van der Waals surface area contributed by atoms with E-state index in [2.05, 4.69) is 46.9 Å². The number of aryl methyl sites for hydroxylation is 2. The summed E-state index contributed by atoms with van der Waals surface area (Å²) in [5.41, 5.74) is 5.30. The Balaban J connectivity index is 1.50. The molecule has 0 N–H and O–H groups in total. The first-order chi connectivity index (χ1) is 14.6. The molecule has 0 radical (unpaired) electrons. The second-order valence-electron chi connectivity index (χ2n) is 6.67. The van der Waals surface area contributed by atoms with Gasteiger partial charge < -0.3 is 9.47 Å². The molecule has 0 saturated carbocycles. The molecule has 0 atom stereocenters. The van der Waals surface area contributed by atoms with Crippen molar-refractivity contribution in [1.82, 2.24) is 25.2 Å². The van der Waals surface area contributed by atoms with Gasteiger partial charge in [0.25, 0.3) is 0 Å². The van der Waals surface area contributed by atoms with E-state index in [0.29, 0.717) is 17.3 Å². The Kier molecular flexibility index (Phi) is 6.01. The third kappa shape index (κ3) is 4.17. The third-order valence-electron chi connectivity index (χ3n) is 4.55. The van der Waals surface area contributed by atoms with Crippen molar-refractivity contribution in [1.29, 1.82) is 0 Å². The minimum Gasteiger partial charge on any atom is -0.493 e. The molecule has 0 aliphatic heterocycles. The molecule has 0 amide bonds. The minimum atomic E-state index is 0.676. The van der Waals surface area contributed by atoms with Gasteiger partial charge in [-0.05, 0) is 54.1 Å². The van der Waals surface area contributed by atoms with Gasteiger partial charge in [0.15, 0.2) is 11.5 Å². The molecule has 2 aromatic heterocycles. The molecule has 0 spiro atoms. The fraction of sp³-hybridized carbons (Fsp3) is 0.238. The lowest BCUT2D eigenvalue weighted by Gasteiger charge is -2.08. The van der Waals surface area contributed by atoms with Gasteiger partial charge >= 0.3 is 0 Å². The van der Waals surface area contributed by atoms with E-state index in [4.69, 9.17) is 14.5 Å². The molecule has 0 unspecified atom stereocenters. The van der Waals surface area contributed by atoms with Crippen LogP contribution in [-0.2, 0) is 5.75 Å². The van der Waals surface area contributed by atoms with E-state index in [9.17, 15) is 0 Å². The number of rotatable bonds is 7. The Morgan fingerprint density at radius 1 is 1.03 bits per heavy atom. The summed E-state index contributed by atoms with van der Waals surface area (Å²) in [4.78, 5) is 4.77. The van der Waals surface area contributed by atoms with Gasteiger partial charge in [0.1, 0.15) is 5.01 Å². The maximum absolute atomic E-state index is 5.40. The lowest BCUT2D eigenvalue weighted by molar-refractivity contribution is 0.355. The zero-order chi connectivity index (χ0) is 21.1.